The maximum Gasteiger partial charge on any atom is 0.125 e. The second-order valence-corrected chi connectivity index (χ2v) is 7.23. The lowest BCUT2D eigenvalue weighted by Crippen LogP contribution is -2.24. The molecule has 1 aromatic carbocycles. The maximum absolute atomic E-state index is 13.5. The van der Waals surface area contributed by atoms with Crippen LogP contribution in [-0.4, -0.2) is 20.1 Å². The molecule has 0 N–H and O–H groups in total. The molecule has 1 saturated heterocycles. The predicted molar refractivity (Wildman–Crippen MR) is 79.3 cm³/mol. The van der Waals surface area contributed by atoms with Gasteiger partial charge in [-0.1, -0.05) is 0 Å². The van der Waals surface area contributed by atoms with Crippen LogP contribution < -0.4 is 0 Å². The Balaban J connectivity index is 2.07. The average molecular weight is 299 g/mol. The molecule has 0 bridgehead atoms. The largest absolute Gasteiger partial charge is 0.325 e. The lowest BCUT2D eigenvalue weighted by atomic mass is 10.1. The first kappa shape index (κ1) is 13.3. The number of thioether (sulfide) groups is 1. The minimum absolute atomic E-state index is 0.209. The Morgan fingerprint density at radius 2 is 2.37 bits per heavy atom. The standard InChI is InChI=1S/C14H16ClFN2S/c1-14(5-2-6-19-14)9-18-12-7-10(16)3-4-11(12)17-13(18)8-15/h3-4,7H,2,5-6,8-9H2,1H3. The molecule has 2 heterocycles. The number of hydrogen-bond acceptors (Lipinski definition) is 2. The van der Waals surface area contributed by atoms with Crippen LogP contribution in [0.5, 0.6) is 0 Å². The molecule has 3 rings (SSSR count). The molecule has 1 aliphatic rings. The summed E-state index contributed by atoms with van der Waals surface area (Å²) in [6.07, 6.45) is 2.44. The first-order valence-corrected chi connectivity index (χ1v) is 7.98. The van der Waals surface area contributed by atoms with Gasteiger partial charge in [0, 0.05) is 11.3 Å². The smallest absolute Gasteiger partial charge is 0.125 e. The predicted octanol–water partition coefficient (Wildman–Crippen LogP) is 4.20. The number of nitrogens with zero attached hydrogens (tertiary/aromatic N) is 2. The number of halogens is 2. The summed E-state index contributed by atoms with van der Waals surface area (Å²) in [7, 11) is 0. The number of fused-ring (bicyclic) bond motifs is 1. The summed E-state index contributed by atoms with van der Waals surface area (Å²) in [6, 6.07) is 4.73. The SMILES string of the molecule is CC1(Cn2c(CCl)nc3ccc(F)cc32)CCCS1. The zero-order valence-electron chi connectivity index (χ0n) is 10.8. The Morgan fingerprint density at radius 3 is 3.05 bits per heavy atom. The Bertz CT molecular complexity index is 605. The van der Waals surface area contributed by atoms with Gasteiger partial charge >= 0.3 is 0 Å². The van der Waals surface area contributed by atoms with E-state index in [1.54, 1.807) is 12.1 Å². The van der Waals surface area contributed by atoms with Crippen LogP contribution in [0.25, 0.3) is 11.0 Å². The molecule has 1 unspecified atom stereocenters. The first-order valence-electron chi connectivity index (χ1n) is 6.46. The molecule has 2 nitrogen and oxygen atoms in total. The summed E-state index contributed by atoms with van der Waals surface area (Å²) in [5.41, 5.74) is 1.67. The minimum Gasteiger partial charge on any atom is -0.325 e. The van der Waals surface area contributed by atoms with Crippen molar-refractivity contribution >= 4 is 34.4 Å². The van der Waals surface area contributed by atoms with Crippen LogP contribution in [0, 0.1) is 5.82 Å². The summed E-state index contributed by atoms with van der Waals surface area (Å²) in [5, 5.41) is 0. The van der Waals surface area contributed by atoms with E-state index in [4.69, 9.17) is 11.6 Å². The van der Waals surface area contributed by atoms with Gasteiger partial charge in [-0.15, -0.1) is 11.6 Å². The van der Waals surface area contributed by atoms with E-state index in [-0.39, 0.29) is 10.6 Å². The van der Waals surface area contributed by atoms with Crippen LogP contribution in [0.4, 0.5) is 4.39 Å². The van der Waals surface area contributed by atoms with E-state index >= 15 is 0 Å². The monoisotopic (exact) mass is 298 g/mol. The Kier molecular flexibility index (Phi) is 3.48. The molecule has 0 radical (unpaired) electrons. The maximum atomic E-state index is 13.5. The van der Waals surface area contributed by atoms with E-state index in [0.717, 1.165) is 23.4 Å². The van der Waals surface area contributed by atoms with Crippen LogP contribution in [0.1, 0.15) is 25.6 Å². The van der Waals surface area contributed by atoms with Gasteiger partial charge in [-0.3, -0.25) is 0 Å². The molecule has 0 spiro atoms. The van der Waals surface area contributed by atoms with Crippen LogP contribution in [0.3, 0.4) is 0 Å². The number of hydrogen-bond donors (Lipinski definition) is 0. The molecule has 19 heavy (non-hydrogen) atoms. The molecule has 0 saturated carbocycles. The zero-order chi connectivity index (χ0) is 13.5. The van der Waals surface area contributed by atoms with Crippen LogP contribution in [0.15, 0.2) is 18.2 Å². The molecule has 2 aromatic rings. The third-order valence-electron chi connectivity index (χ3n) is 3.70. The number of alkyl halides is 1. The molecule has 5 heteroatoms. The van der Waals surface area contributed by atoms with E-state index in [1.165, 1.54) is 24.7 Å². The molecule has 1 fully saturated rings. The average Bonchev–Trinajstić information content (AvgIpc) is 2.95. The number of benzene rings is 1. The highest BCUT2D eigenvalue weighted by atomic mass is 35.5. The fourth-order valence-electron chi connectivity index (χ4n) is 2.72. The van der Waals surface area contributed by atoms with E-state index in [9.17, 15) is 4.39 Å². The third-order valence-corrected chi connectivity index (χ3v) is 5.46. The topological polar surface area (TPSA) is 17.8 Å². The Hall–Kier alpha value is -0.740. The minimum atomic E-state index is -0.223. The van der Waals surface area contributed by atoms with Crippen molar-refractivity contribution in [2.24, 2.45) is 0 Å². The second kappa shape index (κ2) is 4.98. The molecule has 0 amide bonds. The van der Waals surface area contributed by atoms with Crippen molar-refractivity contribution in [3.8, 4) is 0 Å². The van der Waals surface area contributed by atoms with Crippen LogP contribution in [-0.2, 0) is 12.4 Å². The molecule has 1 aromatic heterocycles. The highest BCUT2D eigenvalue weighted by Crippen LogP contribution is 2.40. The highest BCUT2D eigenvalue weighted by molar-refractivity contribution is 8.00. The summed E-state index contributed by atoms with van der Waals surface area (Å²) >= 11 is 7.98. The van der Waals surface area contributed by atoms with Crippen molar-refractivity contribution in [2.45, 2.75) is 36.9 Å². The van der Waals surface area contributed by atoms with E-state index < -0.39 is 0 Å². The van der Waals surface area contributed by atoms with Crippen molar-refractivity contribution in [2.75, 3.05) is 5.75 Å². The van der Waals surface area contributed by atoms with Gasteiger partial charge in [-0.2, -0.15) is 11.8 Å². The molecular formula is C14H16ClFN2S. The summed E-state index contributed by atoms with van der Waals surface area (Å²) < 4.78 is 15.8. The lowest BCUT2D eigenvalue weighted by Gasteiger charge is -2.24. The Morgan fingerprint density at radius 1 is 1.53 bits per heavy atom. The molecular weight excluding hydrogens is 283 g/mol. The normalized spacial score (nSPS) is 23.3. The van der Waals surface area contributed by atoms with Gasteiger partial charge < -0.3 is 4.57 Å². The molecule has 1 atom stereocenters. The van der Waals surface area contributed by atoms with Gasteiger partial charge in [0.05, 0.1) is 16.9 Å². The molecule has 1 aliphatic heterocycles. The molecule has 0 aliphatic carbocycles. The van der Waals surface area contributed by atoms with Crippen molar-refractivity contribution in [1.82, 2.24) is 9.55 Å². The van der Waals surface area contributed by atoms with Gasteiger partial charge in [0.2, 0.25) is 0 Å². The van der Waals surface area contributed by atoms with Gasteiger partial charge in [-0.05, 0) is 43.7 Å². The van der Waals surface area contributed by atoms with Gasteiger partial charge in [0.25, 0.3) is 0 Å². The van der Waals surface area contributed by atoms with Crippen LogP contribution >= 0.6 is 23.4 Å². The fraction of sp³-hybridized carbons (Fsp3) is 0.500. The van der Waals surface area contributed by atoms with Crippen molar-refractivity contribution in [3.05, 3.63) is 29.8 Å². The van der Waals surface area contributed by atoms with E-state index in [1.807, 2.05) is 11.8 Å². The summed E-state index contributed by atoms with van der Waals surface area (Å²) in [4.78, 5) is 4.50. The first-order chi connectivity index (χ1) is 9.11. The number of rotatable bonds is 3. The van der Waals surface area contributed by atoms with Crippen molar-refractivity contribution in [1.29, 1.82) is 0 Å². The Labute approximate surface area is 121 Å². The van der Waals surface area contributed by atoms with E-state index in [0.29, 0.717) is 5.88 Å². The zero-order valence-corrected chi connectivity index (χ0v) is 12.4. The highest BCUT2D eigenvalue weighted by Gasteiger charge is 2.31. The van der Waals surface area contributed by atoms with Gasteiger partial charge in [0.15, 0.2) is 0 Å². The van der Waals surface area contributed by atoms with Crippen molar-refractivity contribution < 1.29 is 4.39 Å². The molecule has 102 valence electrons. The van der Waals surface area contributed by atoms with Gasteiger partial charge in [-0.25, -0.2) is 9.37 Å². The van der Waals surface area contributed by atoms with Crippen molar-refractivity contribution in [3.63, 3.8) is 0 Å². The van der Waals surface area contributed by atoms with Gasteiger partial charge in [0.1, 0.15) is 11.6 Å². The summed E-state index contributed by atoms with van der Waals surface area (Å²) in [6.45, 7) is 3.12. The third kappa shape index (κ3) is 2.48. The number of aromatic nitrogens is 2. The quantitative estimate of drug-likeness (QED) is 0.790. The van der Waals surface area contributed by atoms with E-state index in [2.05, 4.69) is 16.5 Å². The fourth-order valence-corrected chi connectivity index (χ4v) is 4.21. The summed E-state index contributed by atoms with van der Waals surface area (Å²) in [5.74, 6) is 2.17. The van der Waals surface area contributed by atoms with Crippen LogP contribution in [0.2, 0.25) is 0 Å². The second-order valence-electron chi connectivity index (χ2n) is 5.28. The number of imidazole rings is 1. The lowest BCUT2D eigenvalue weighted by molar-refractivity contribution is 0.509.